The topological polar surface area (TPSA) is 17.0 Å². The van der Waals surface area contributed by atoms with Gasteiger partial charge in [-0.15, -0.1) is 0 Å². The van der Waals surface area contributed by atoms with Gasteiger partial charge in [0, 0.05) is 36.5 Å². The van der Waals surface area contributed by atoms with E-state index in [2.05, 4.69) is 48.3 Å². The van der Waals surface area contributed by atoms with Gasteiger partial charge >= 0.3 is 0 Å². The molecular weight excluding hydrogens is 256 g/mol. The summed E-state index contributed by atoms with van der Waals surface area (Å²) in [4.78, 5) is 0. The van der Waals surface area contributed by atoms with Crippen molar-refractivity contribution in [1.82, 2.24) is 9.88 Å². The number of benzene rings is 1. The Labute approximate surface area is 120 Å². The molecule has 0 aliphatic heterocycles. The molecular formula is C16H21ClN2. The lowest BCUT2D eigenvalue weighted by Gasteiger charge is -2.13. The molecule has 0 spiro atoms. The Morgan fingerprint density at radius 1 is 1.26 bits per heavy atom. The first-order chi connectivity index (χ1) is 9.17. The van der Waals surface area contributed by atoms with E-state index in [0.29, 0.717) is 6.04 Å². The molecule has 3 heteroatoms. The maximum absolute atomic E-state index is 6.00. The standard InChI is InChI=1S/C16H21ClN2/c1-3-19-8-7-15(12-19)11-18-13(2)9-14-5-4-6-16(17)10-14/h4-8,10,12-13,18H,3,9,11H2,1-2H3. The first kappa shape index (κ1) is 14.2. The molecule has 19 heavy (non-hydrogen) atoms. The lowest BCUT2D eigenvalue weighted by Crippen LogP contribution is -2.27. The summed E-state index contributed by atoms with van der Waals surface area (Å²) in [6.07, 6.45) is 5.31. The van der Waals surface area contributed by atoms with Crippen molar-refractivity contribution >= 4 is 11.6 Å². The van der Waals surface area contributed by atoms with Gasteiger partial charge in [0.1, 0.15) is 0 Å². The van der Waals surface area contributed by atoms with Crippen LogP contribution in [0.5, 0.6) is 0 Å². The Morgan fingerprint density at radius 3 is 2.79 bits per heavy atom. The predicted molar refractivity (Wildman–Crippen MR) is 81.6 cm³/mol. The van der Waals surface area contributed by atoms with Crippen LogP contribution < -0.4 is 5.32 Å². The van der Waals surface area contributed by atoms with Gasteiger partial charge in [-0.25, -0.2) is 0 Å². The summed E-state index contributed by atoms with van der Waals surface area (Å²) >= 11 is 6.00. The molecule has 0 saturated heterocycles. The highest BCUT2D eigenvalue weighted by Gasteiger charge is 2.04. The molecule has 1 aromatic heterocycles. The zero-order valence-corrected chi connectivity index (χ0v) is 12.3. The molecule has 0 saturated carbocycles. The van der Waals surface area contributed by atoms with E-state index in [9.17, 15) is 0 Å². The third-order valence-electron chi connectivity index (χ3n) is 3.26. The van der Waals surface area contributed by atoms with E-state index in [1.165, 1.54) is 11.1 Å². The second kappa shape index (κ2) is 6.78. The smallest absolute Gasteiger partial charge is 0.0408 e. The third-order valence-corrected chi connectivity index (χ3v) is 3.50. The average Bonchev–Trinajstić information content (AvgIpc) is 2.84. The highest BCUT2D eigenvalue weighted by molar-refractivity contribution is 6.30. The Balaban J connectivity index is 1.82. The van der Waals surface area contributed by atoms with Gasteiger partial charge in [-0.1, -0.05) is 23.7 Å². The minimum atomic E-state index is 0.434. The summed E-state index contributed by atoms with van der Waals surface area (Å²) in [5.41, 5.74) is 2.61. The minimum absolute atomic E-state index is 0.434. The maximum Gasteiger partial charge on any atom is 0.0408 e. The van der Waals surface area contributed by atoms with Crippen LogP contribution in [0.25, 0.3) is 0 Å². The minimum Gasteiger partial charge on any atom is -0.354 e. The Morgan fingerprint density at radius 2 is 2.11 bits per heavy atom. The fourth-order valence-corrected chi connectivity index (χ4v) is 2.39. The molecule has 0 aliphatic rings. The number of nitrogens with one attached hydrogen (secondary N) is 1. The van der Waals surface area contributed by atoms with Crippen molar-refractivity contribution in [2.75, 3.05) is 0 Å². The van der Waals surface area contributed by atoms with Gasteiger partial charge in [0.25, 0.3) is 0 Å². The fourth-order valence-electron chi connectivity index (χ4n) is 2.17. The number of aryl methyl sites for hydroxylation is 1. The number of rotatable bonds is 6. The van der Waals surface area contributed by atoms with Crippen LogP contribution in [0.4, 0.5) is 0 Å². The summed E-state index contributed by atoms with van der Waals surface area (Å²) < 4.78 is 2.19. The number of hydrogen-bond acceptors (Lipinski definition) is 1. The number of halogens is 1. The molecule has 0 aliphatic carbocycles. The molecule has 2 rings (SSSR count). The first-order valence-corrected chi connectivity index (χ1v) is 7.17. The van der Waals surface area contributed by atoms with Crippen molar-refractivity contribution in [3.8, 4) is 0 Å². The van der Waals surface area contributed by atoms with Crippen molar-refractivity contribution < 1.29 is 0 Å². The summed E-state index contributed by atoms with van der Waals surface area (Å²) in [7, 11) is 0. The quantitative estimate of drug-likeness (QED) is 0.847. The van der Waals surface area contributed by atoms with Gasteiger partial charge < -0.3 is 9.88 Å². The molecule has 1 unspecified atom stereocenters. The van der Waals surface area contributed by atoms with Gasteiger partial charge in [-0.05, 0) is 49.6 Å². The van der Waals surface area contributed by atoms with E-state index in [4.69, 9.17) is 11.6 Å². The SMILES string of the molecule is CCn1ccc(CNC(C)Cc2cccc(Cl)c2)c1. The Kier molecular flexibility index (Phi) is 5.06. The molecule has 0 radical (unpaired) electrons. The zero-order valence-electron chi connectivity index (χ0n) is 11.6. The van der Waals surface area contributed by atoms with E-state index in [1.807, 2.05) is 18.2 Å². The summed E-state index contributed by atoms with van der Waals surface area (Å²) in [5.74, 6) is 0. The van der Waals surface area contributed by atoms with Crippen LogP contribution in [0.1, 0.15) is 25.0 Å². The van der Waals surface area contributed by atoms with Crippen LogP contribution in [-0.4, -0.2) is 10.6 Å². The highest BCUT2D eigenvalue weighted by Crippen LogP contribution is 2.12. The molecule has 102 valence electrons. The number of aromatic nitrogens is 1. The molecule has 0 amide bonds. The van der Waals surface area contributed by atoms with E-state index in [1.54, 1.807) is 0 Å². The van der Waals surface area contributed by atoms with E-state index < -0.39 is 0 Å². The van der Waals surface area contributed by atoms with Gasteiger partial charge in [-0.3, -0.25) is 0 Å². The van der Waals surface area contributed by atoms with Crippen LogP contribution in [0.15, 0.2) is 42.7 Å². The van der Waals surface area contributed by atoms with Gasteiger partial charge in [0.15, 0.2) is 0 Å². The van der Waals surface area contributed by atoms with Crippen molar-refractivity contribution in [2.45, 2.75) is 39.4 Å². The van der Waals surface area contributed by atoms with Crippen molar-refractivity contribution in [2.24, 2.45) is 0 Å². The molecule has 2 aromatic rings. The van der Waals surface area contributed by atoms with Crippen LogP contribution >= 0.6 is 11.6 Å². The van der Waals surface area contributed by atoms with Crippen molar-refractivity contribution in [3.05, 3.63) is 58.9 Å². The van der Waals surface area contributed by atoms with Crippen LogP contribution in [0.3, 0.4) is 0 Å². The van der Waals surface area contributed by atoms with Crippen molar-refractivity contribution in [1.29, 1.82) is 0 Å². The van der Waals surface area contributed by atoms with Crippen LogP contribution in [-0.2, 0) is 19.5 Å². The van der Waals surface area contributed by atoms with E-state index in [0.717, 1.165) is 24.5 Å². The van der Waals surface area contributed by atoms with Gasteiger partial charge in [0.05, 0.1) is 0 Å². The largest absolute Gasteiger partial charge is 0.354 e. The normalized spacial score (nSPS) is 12.6. The molecule has 1 atom stereocenters. The maximum atomic E-state index is 6.00. The number of nitrogens with zero attached hydrogens (tertiary/aromatic N) is 1. The van der Waals surface area contributed by atoms with Gasteiger partial charge in [-0.2, -0.15) is 0 Å². The molecule has 1 aromatic carbocycles. The van der Waals surface area contributed by atoms with Crippen molar-refractivity contribution in [3.63, 3.8) is 0 Å². The molecule has 2 nitrogen and oxygen atoms in total. The molecule has 0 bridgehead atoms. The average molecular weight is 277 g/mol. The van der Waals surface area contributed by atoms with Crippen LogP contribution in [0, 0.1) is 0 Å². The second-order valence-electron chi connectivity index (χ2n) is 4.97. The summed E-state index contributed by atoms with van der Waals surface area (Å²) in [6, 6.07) is 10.7. The van der Waals surface area contributed by atoms with Crippen LogP contribution in [0.2, 0.25) is 5.02 Å². The van der Waals surface area contributed by atoms with Gasteiger partial charge in [0.2, 0.25) is 0 Å². The number of hydrogen-bond donors (Lipinski definition) is 1. The third kappa shape index (κ3) is 4.41. The molecule has 1 heterocycles. The molecule has 0 fully saturated rings. The van der Waals surface area contributed by atoms with E-state index >= 15 is 0 Å². The Hall–Kier alpha value is -1.25. The van der Waals surface area contributed by atoms with E-state index in [-0.39, 0.29) is 0 Å². The zero-order chi connectivity index (χ0) is 13.7. The lowest BCUT2D eigenvalue weighted by molar-refractivity contribution is 0.545. The second-order valence-corrected chi connectivity index (χ2v) is 5.40. The predicted octanol–water partition coefficient (Wildman–Crippen LogP) is 3.88. The fraction of sp³-hybridized carbons (Fsp3) is 0.375. The lowest BCUT2D eigenvalue weighted by atomic mass is 10.1. The monoisotopic (exact) mass is 276 g/mol. The highest BCUT2D eigenvalue weighted by atomic mass is 35.5. The molecule has 1 N–H and O–H groups in total. The summed E-state index contributed by atoms with van der Waals surface area (Å²) in [5, 5.41) is 4.36. The first-order valence-electron chi connectivity index (χ1n) is 6.80. The Bertz CT molecular complexity index is 519. The summed E-state index contributed by atoms with van der Waals surface area (Å²) in [6.45, 7) is 6.30.